The number of ether oxygens (including phenoxy) is 2. The third kappa shape index (κ3) is 25.8. The molecule has 1 heterocycles. The SMILES string of the molecule is CCCCCCCCCCC/C=C\C/C=C\CCCCCCCCCCC(O)C(=O)NC(COC1OC(CO)C(O)C(OS(=O)(=O)O)C1O)C(O)CCCCC. The van der Waals surface area contributed by atoms with Crippen LogP contribution in [0.1, 0.15) is 174 Å². The molecule has 14 heteroatoms. The molecule has 13 nitrogen and oxygen atoms in total. The van der Waals surface area contributed by atoms with Gasteiger partial charge in [0.25, 0.3) is 0 Å². The first-order valence-corrected chi connectivity index (χ1v) is 23.2. The Hall–Kier alpha value is -1.46. The molecular weight excluding hydrogens is 743 g/mol. The molecule has 0 saturated carbocycles. The molecule has 56 heavy (non-hydrogen) atoms. The third-order valence-corrected chi connectivity index (χ3v) is 10.8. The fourth-order valence-electron chi connectivity index (χ4n) is 6.85. The number of nitrogens with one attached hydrogen (secondary N) is 1. The predicted octanol–water partition coefficient (Wildman–Crippen LogP) is 6.74. The molecule has 8 unspecified atom stereocenters. The maximum absolute atomic E-state index is 12.9. The van der Waals surface area contributed by atoms with Gasteiger partial charge in [0.2, 0.25) is 5.91 Å². The summed E-state index contributed by atoms with van der Waals surface area (Å²) in [7, 11) is -5.10. The Labute approximate surface area is 338 Å². The van der Waals surface area contributed by atoms with Gasteiger partial charge >= 0.3 is 10.4 Å². The van der Waals surface area contributed by atoms with Crippen LogP contribution in [0, 0.1) is 0 Å². The number of carbonyl (C=O) groups excluding carboxylic acids is 1. The van der Waals surface area contributed by atoms with E-state index in [1.807, 2.05) is 6.92 Å². The van der Waals surface area contributed by atoms with Crippen molar-refractivity contribution in [2.75, 3.05) is 13.2 Å². The minimum absolute atomic E-state index is 0.251. The van der Waals surface area contributed by atoms with E-state index in [0.717, 1.165) is 51.4 Å². The Morgan fingerprint density at radius 3 is 1.71 bits per heavy atom. The maximum atomic E-state index is 12.9. The van der Waals surface area contributed by atoms with Crippen LogP contribution >= 0.6 is 0 Å². The van der Waals surface area contributed by atoms with Gasteiger partial charge < -0.3 is 40.3 Å². The fraction of sp³-hybridized carbons (Fsp3) is 0.881. The number of rotatable bonds is 36. The standard InChI is InChI=1S/C42H79NO12S/c1-3-5-7-8-9-10-11-12-13-14-15-16-17-18-19-20-21-22-23-24-25-26-27-29-31-36(46)41(49)43-34(35(45)30-28-6-4-2)33-53-42-39(48)40(55-56(50,51)52)38(47)37(32-44)54-42/h15-16,18-19,34-40,42,44-48H,3-14,17,20-33H2,1-2H3,(H,43,49)(H,50,51,52)/b16-15-,19-18-. The summed E-state index contributed by atoms with van der Waals surface area (Å²) in [4.78, 5) is 12.9. The van der Waals surface area contributed by atoms with Crippen LogP contribution in [0.5, 0.6) is 0 Å². The largest absolute Gasteiger partial charge is 0.397 e. The van der Waals surface area contributed by atoms with E-state index < -0.39 is 78.5 Å². The molecule has 1 aliphatic heterocycles. The number of hydrogen-bond acceptors (Lipinski definition) is 11. The summed E-state index contributed by atoms with van der Waals surface area (Å²) < 4.78 is 47.0. The van der Waals surface area contributed by atoms with Crippen molar-refractivity contribution in [3.8, 4) is 0 Å². The van der Waals surface area contributed by atoms with Gasteiger partial charge in [0.15, 0.2) is 6.29 Å². The highest BCUT2D eigenvalue weighted by Crippen LogP contribution is 2.26. The molecule has 8 atom stereocenters. The van der Waals surface area contributed by atoms with Gasteiger partial charge in [-0.3, -0.25) is 9.35 Å². The molecule has 1 saturated heterocycles. The lowest BCUT2D eigenvalue weighted by atomic mass is 9.99. The van der Waals surface area contributed by atoms with Crippen molar-refractivity contribution in [1.29, 1.82) is 0 Å². The summed E-state index contributed by atoms with van der Waals surface area (Å²) in [6.07, 6.45) is 25.1. The van der Waals surface area contributed by atoms with Crippen LogP contribution in [0.3, 0.4) is 0 Å². The van der Waals surface area contributed by atoms with Crippen LogP contribution in [0.15, 0.2) is 24.3 Å². The van der Waals surface area contributed by atoms with E-state index in [1.54, 1.807) is 0 Å². The zero-order chi connectivity index (χ0) is 41.4. The van der Waals surface area contributed by atoms with Gasteiger partial charge in [-0.25, -0.2) is 4.18 Å². The average Bonchev–Trinajstić information content (AvgIpc) is 3.16. The van der Waals surface area contributed by atoms with Gasteiger partial charge in [-0.15, -0.1) is 0 Å². The Balaban J connectivity index is 2.28. The molecule has 7 N–H and O–H groups in total. The van der Waals surface area contributed by atoms with Crippen LogP contribution in [-0.4, -0.2) is 107 Å². The minimum Gasteiger partial charge on any atom is -0.394 e. The van der Waals surface area contributed by atoms with Crippen LogP contribution in [0.2, 0.25) is 0 Å². The summed E-state index contributed by atoms with van der Waals surface area (Å²) in [6, 6.07) is -1.03. The predicted molar refractivity (Wildman–Crippen MR) is 219 cm³/mol. The van der Waals surface area contributed by atoms with E-state index in [-0.39, 0.29) is 6.42 Å². The van der Waals surface area contributed by atoms with Crippen LogP contribution in [0.4, 0.5) is 0 Å². The molecule has 330 valence electrons. The van der Waals surface area contributed by atoms with E-state index in [1.165, 1.54) is 83.5 Å². The smallest absolute Gasteiger partial charge is 0.394 e. The highest BCUT2D eigenvalue weighted by molar-refractivity contribution is 7.80. The number of allylic oxidation sites excluding steroid dienone is 4. The second-order valence-corrected chi connectivity index (χ2v) is 16.5. The third-order valence-electron chi connectivity index (χ3n) is 10.4. The van der Waals surface area contributed by atoms with E-state index in [2.05, 4.69) is 40.7 Å². The minimum atomic E-state index is -5.10. The first-order valence-electron chi connectivity index (χ1n) is 21.8. The first-order chi connectivity index (χ1) is 26.9. The van der Waals surface area contributed by atoms with Gasteiger partial charge in [-0.1, -0.05) is 154 Å². The molecule has 1 amide bonds. The van der Waals surface area contributed by atoms with Gasteiger partial charge in [0.1, 0.15) is 30.5 Å². The maximum Gasteiger partial charge on any atom is 0.397 e. The lowest BCUT2D eigenvalue weighted by Crippen LogP contribution is -2.61. The van der Waals surface area contributed by atoms with Gasteiger partial charge in [-0.2, -0.15) is 8.42 Å². The van der Waals surface area contributed by atoms with E-state index >= 15 is 0 Å². The van der Waals surface area contributed by atoms with Crippen molar-refractivity contribution < 1.29 is 57.0 Å². The number of aliphatic hydroxyl groups excluding tert-OH is 5. The van der Waals surface area contributed by atoms with Crippen molar-refractivity contribution in [3.05, 3.63) is 24.3 Å². The average molecular weight is 822 g/mol. The zero-order valence-electron chi connectivity index (χ0n) is 34.6. The Morgan fingerprint density at radius 1 is 0.714 bits per heavy atom. The number of unbranched alkanes of at least 4 members (excludes halogenated alkanes) is 19. The summed E-state index contributed by atoms with van der Waals surface area (Å²) in [6.45, 7) is 3.05. The highest BCUT2D eigenvalue weighted by atomic mass is 32.3. The summed E-state index contributed by atoms with van der Waals surface area (Å²) >= 11 is 0. The molecule has 1 aliphatic rings. The van der Waals surface area contributed by atoms with Crippen LogP contribution in [-0.2, 0) is 28.9 Å². The second-order valence-electron chi connectivity index (χ2n) is 15.4. The van der Waals surface area contributed by atoms with Crippen molar-refractivity contribution in [1.82, 2.24) is 5.32 Å². The summed E-state index contributed by atoms with van der Waals surface area (Å²) in [5.41, 5.74) is 0. The number of hydrogen-bond donors (Lipinski definition) is 7. The van der Waals surface area contributed by atoms with Crippen LogP contribution < -0.4 is 5.32 Å². The van der Waals surface area contributed by atoms with Gasteiger partial charge in [0.05, 0.1) is 25.4 Å². The highest BCUT2D eigenvalue weighted by Gasteiger charge is 2.48. The quantitative estimate of drug-likeness (QED) is 0.0199. The van der Waals surface area contributed by atoms with Crippen LogP contribution in [0.25, 0.3) is 0 Å². The van der Waals surface area contributed by atoms with Gasteiger partial charge in [0, 0.05) is 0 Å². The lowest BCUT2D eigenvalue weighted by molar-refractivity contribution is -0.298. The van der Waals surface area contributed by atoms with Gasteiger partial charge in [-0.05, 0) is 44.9 Å². The normalized spacial score (nSPS) is 22.2. The fourth-order valence-corrected chi connectivity index (χ4v) is 7.36. The van der Waals surface area contributed by atoms with Crippen molar-refractivity contribution in [2.24, 2.45) is 0 Å². The Bertz CT molecular complexity index is 1120. The first kappa shape index (κ1) is 52.6. The molecule has 0 aromatic rings. The number of aliphatic hydroxyl groups is 5. The monoisotopic (exact) mass is 822 g/mol. The van der Waals surface area contributed by atoms with E-state index in [0.29, 0.717) is 19.3 Å². The topological polar surface area (TPSA) is 212 Å². The molecule has 0 spiro atoms. The lowest BCUT2D eigenvalue weighted by Gasteiger charge is -2.41. The molecular formula is C42H79NO12S. The van der Waals surface area contributed by atoms with E-state index in [9.17, 15) is 38.7 Å². The van der Waals surface area contributed by atoms with Crippen molar-refractivity contribution in [3.63, 3.8) is 0 Å². The molecule has 0 aromatic heterocycles. The van der Waals surface area contributed by atoms with E-state index in [4.69, 9.17) is 14.0 Å². The Kier molecular flexibility index (Phi) is 31.3. The molecule has 0 aliphatic carbocycles. The molecule has 1 rings (SSSR count). The molecule has 0 radical (unpaired) electrons. The van der Waals surface area contributed by atoms with Crippen molar-refractivity contribution in [2.45, 2.75) is 223 Å². The second kappa shape index (κ2) is 33.4. The molecule has 0 aromatic carbocycles. The number of carbonyl (C=O) groups is 1. The number of amides is 1. The molecule has 1 fully saturated rings. The zero-order valence-corrected chi connectivity index (χ0v) is 35.4. The molecule has 0 bridgehead atoms. The summed E-state index contributed by atoms with van der Waals surface area (Å²) in [5.74, 6) is -0.686. The summed E-state index contributed by atoms with van der Waals surface area (Å²) in [5, 5.41) is 54.5. The Morgan fingerprint density at radius 2 is 1.20 bits per heavy atom. The van der Waals surface area contributed by atoms with Crippen molar-refractivity contribution >= 4 is 16.3 Å².